The number of rotatable bonds is 3. The smallest absolute Gasteiger partial charge is 0.292 e. The van der Waals surface area contributed by atoms with E-state index in [-0.39, 0.29) is 11.2 Å². The van der Waals surface area contributed by atoms with Crippen LogP contribution in [0.25, 0.3) is 11.3 Å². The number of hydrogen-bond donors (Lipinski definition) is 2. The first-order valence-corrected chi connectivity index (χ1v) is 6.03. The van der Waals surface area contributed by atoms with E-state index >= 15 is 0 Å². The third-order valence-electron chi connectivity index (χ3n) is 2.72. The van der Waals surface area contributed by atoms with Gasteiger partial charge in [-0.25, -0.2) is 4.98 Å². The zero-order valence-electron chi connectivity index (χ0n) is 10.4. The van der Waals surface area contributed by atoms with Crippen molar-refractivity contribution in [2.75, 3.05) is 0 Å². The molecule has 98 valence electrons. The molecule has 3 aromatic rings. The highest BCUT2D eigenvalue weighted by atomic mass is 16.1. The fourth-order valence-corrected chi connectivity index (χ4v) is 1.77. The first-order valence-electron chi connectivity index (χ1n) is 6.03. The zero-order chi connectivity index (χ0) is 13.8. The third kappa shape index (κ3) is 2.39. The van der Waals surface area contributed by atoms with Crippen molar-refractivity contribution in [3.63, 3.8) is 0 Å². The van der Waals surface area contributed by atoms with Crippen LogP contribution >= 0.6 is 0 Å². The molecule has 2 aromatic heterocycles. The van der Waals surface area contributed by atoms with Gasteiger partial charge < -0.3 is 0 Å². The van der Waals surface area contributed by atoms with E-state index in [0.29, 0.717) is 11.5 Å². The van der Waals surface area contributed by atoms with E-state index in [4.69, 9.17) is 0 Å². The maximum Gasteiger partial charge on any atom is 0.292 e. The minimum atomic E-state index is -0.316. The Balaban J connectivity index is 2.01. The van der Waals surface area contributed by atoms with E-state index < -0.39 is 0 Å². The van der Waals surface area contributed by atoms with Crippen LogP contribution in [0.5, 0.6) is 0 Å². The van der Waals surface area contributed by atoms with Crippen molar-refractivity contribution in [2.45, 2.75) is 0 Å². The van der Waals surface area contributed by atoms with Gasteiger partial charge in [-0.3, -0.25) is 15.0 Å². The van der Waals surface area contributed by atoms with Gasteiger partial charge in [0.05, 0.1) is 5.69 Å². The Kier molecular flexibility index (Phi) is 3.20. The largest absolute Gasteiger partial charge is 0.295 e. The Labute approximate surface area is 114 Å². The lowest BCUT2D eigenvalue weighted by atomic mass is 10.1. The minimum Gasteiger partial charge on any atom is -0.295 e. The first-order chi connectivity index (χ1) is 9.84. The molecule has 2 heterocycles. The van der Waals surface area contributed by atoms with Crippen LogP contribution in [-0.4, -0.2) is 15.2 Å². The summed E-state index contributed by atoms with van der Waals surface area (Å²) in [5, 5.41) is 13.3. The summed E-state index contributed by atoms with van der Waals surface area (Å²) in [4.78, 5) is 15.8. The average Bonchev–Trinajstić information content (AvgIpc) is 2.88. The van der Waals surface area contributed by atoms with Crippen LogP contribution < -0.4 is 5.56 Å². The van der Waals surface area contributed by atoms with E-state index in [0.717, 1.165) is 5.56 Å². The molecular weight excluding hydrogens is 254 g/mol. The van der Waals surface area contributed by atoms with Crippen molar-refractivity contribution in [1.82, 2.24) is 15.2 Å². The number of pyridine rings is 1. The van der Waals surface area contributed by atoms with Gasteiger partial charge in [-0.05, 0) is 12.1 Å². The summed E-state index contributed by atoms with van der Waals surface area (Å²) in [6, 6.07) is 14.8. The highest BCUT2D eigenvalue weighted by Crippen LogP contribution is 2.25. The predicted octanol–water partition coefficient (Wildman–Crippen LogP) is 3.18. The standard InChI is InChI=1S/C14H11N5O/c20-14-13(18-16-11-8-4-5-9-15-11)12(17-19-14)10-6-2-1-3-7-10/h1-9H,(H2,17,19,20). The van der Waals surface area contributed by atoms with Crippen molar-refractivity contribution in [3.05, 3.63) is 65.1 Å². The van der Waals surface area contributed by atoms with E-state index in [1.165, 1.54) is 0 Å². The van der Waals surface area contributed by atoms with Gasteiger partial charge in [0.25, 0.3) is 5.56 Å². The van der Waals surface area contributed by atoms with Crippen molar-refractivity contribution in [2.24, 2.45) is 10.2 Å². The number of azo groups is 1. The molecule has 20 heavy (non-hydrogen) atoms. The molecule has 0 amide bonds. The van der Waals surface area contributed by atoms with E-state index in [1.54, 1.807) is 24.4 Å². The fraction of sp³-hybridized carbons (Fsp3) is 0. The molecule has 0 aliphatic heterocycles. The summed E-state index contributed by atoms with van der Waals surface area (Å²) in [6.45, 7) is 0. The summed E-state index contributed by atoms with van der Waals surface area (Å²) in [5.74, 6) is 0.451. The summed E-state index contributed by atoms with van der Waals surface area (Å²) in [6.07, 6.45) is 1.62. The first kappa shape index (κ1) is 12.0. The molecule has 3 rings (SSSR count). The highest BCUT2D eigenvalue weighted by molar-refractivity contribution is 5.70. The third-order valence-corrected chi connectivity index (χ3v) is 2.72. The second-order valence-electron chi connectivity index (χ2n) is 4.06. The average molecular weight is 265 g/mol. The Morgan fingerprint density at radius 3 is 2.45 bits per heavy atom. The molecule has 0 radical (unpaired) electrons. The Morgan fingerprint density at radius 1 is 0.900 bits per heavy atom. The lowest BCUT2D eigenvalue weighted by molar-refractivity contribution is 1.06. The number of nitrogens with zero attached hydrogens (tertiary/aromatic N) is 3. The number of nitrogens with one attached hydrogen (secondary N) is 2. The number of aromatic amines is 2. The molecule has 1 aromatic carbocycles. The lowest BCUT2D eigenvalue weighted by Gasteiger charge is -1.97. The topological polar surface area (TPSA) is 86.3 Å². The van der Waals surface area contributed by atoms with Crippen LogP contribution in [0.15, 0.2) is 69.8 Å². The summed E-state index contributed by atoms with van der Waals surface area (Å²) in [5.41, 5.74) is 1.39. The van der Waals surface area contributed by atoms with Crippen LogP contribution in [0, 0.1) is 0 Å². The predicted molar refractivity (Wildman–Crippen MR) is 75.3 cm³/mol. The van der Waals surface area contributed by atoms with Gasteiger partial charge in [0.15, 0.2) is 11.5 Å². The van der Waals surface area contributed by atoms with Gasteiger partial charge >= 0.3 is 0 Å². The molecule has 0 bridgehead atoms. The number of benzene rings is 1. The molecule has 0 spiro atoms. The molecule has 0 saturated carbocycles. The summed E-state index contributed by atoms with van der Waals surface area (Å²) >= 11 is 0. The molecule has 6 heteroatoms. The highest BCUT2D eigenvalue weighted by Gasteiger charge is 2.10. The van der Waals surface area contributed by atoms with Gasteiger partial charge in [0.1, 0.15) is 0 Å². The Bertz CT molecular complexity index is 774. The van der Waals surface area contributed by atoms with Crippen LogP contribution in [0.3, 0.4) is 0 Å². The molecule has 0 fully saturated rings. The Hall–Kier alpha value is -3.02. The normalized spacial score (nSPS) is 11.0. The SMILES string of the molecule is O=c1[nH][nH]c(-c2ccccc2)c1N=Nc1ccccn1. The van der Waals surface area contributed by atoms with Crippen LogP contribution in [-0.2, 0) is 0 Å². The number of H-pyrrole nitrogens is 2. The summed E-state index contributed by atoms with van der Waals surface area (Å²) in [7, 11) is 0. The second-order valence-corrected chi connectivity index (χ2v) is 4.06. The maximum atomic E-state index is 11.8. The van der Waals surface area contributed by atoms with Crippen molar-refractivity contribution < 1.29 is 0 Å². The van der Waals surface area contributed by atoms with E-state index in [1.807, 2.05) is 30.3 Å². The lowest BCUT2D eigenvalue weighted by Crippen LogP contribution is -1.96. The van der Waals surface area contributed by atoms with Crippen LogP contribution in [0.1, 0.15) is 0 Å². The second kappa shape index (κ2) is 5.31. The van der Waals surface area contributed by atoms with E-state index in [9.17, 15) is 4.79 Å². The zero-order valence-corrected chi connectivity index (χ0v) is 10.4. The van der Waals surface area contributed by atoms with Gasteiger partial charge in [0.2, 0.25) is 0 Å². The van der Waals surface area contributed by atoms with Crippen molar-refractivity contribution in [3.8, 4) is 11.3 Å². The molecule has 2 N–H and O–H groups in total. The fourth-order valence-electron chi connectivity index (χ4n) is 1.77. The summed E-state index contributed by atoms with van der Waals surface area (Å²) < 4.78 is 0. The van der Waals surface area contributed by atoms with Crippen molar-refractivity contribution >= 4 is 11.5 Å². The molecule has 0 aliphatic carbocycles. The van der Waals surface area contributed by atoms with Gasteiger partial charge in [-0.15, -0.1) is 10.2 Å². The minimum absolute atomic E-state index is 0.238. The maximum absolute atomic E-state index is 11.8. The number of hydrogen-bond acceptors (Lipinski definition) is 4. The molecular formula is C14H11N5O. The van der Waals surface area contributed by atoms with Crippen LogP contribution in [0.2, 0.25) is 0 Å². The van der Waals surface area contributed by atoms with Gasteiger partial charge in [-0.1, -0.05) is 36.4 Å². The van der Waals surface area contributed by atoms with Crippen LogP contribution in [0.4, 0.5) is 11.5 Å². The molecule has 0 unspecified atom stereocenters. The molecule has 0 saturated heterocycles. The quantitative estimate of drug-likeness (QED) is 0.712. The molecule has 6 nitrogen and oxygen atoms in total. The molecule has 0 atom stereocenters. The number of aromatic nitrogens is 3. The van der Waals surface area contributed by atoms with Crippen molar-refractivity contribution in [1.29, 1.82) is 0 Å². The Morgan fingerprint density at radius 2 is 1.70 bits per heavy atom. The van der Waals surface area contributed by atoms with Gasteiger partial charge in [0, 0.05) is 11.8 Å². The monoisotopic (exact) mass is 265 g/mol. The van der Waals surface area contributed by atoms with Gasteiger partial charge in [-0.2, -0.15) is 0 Å². The van der Waals surface area contributed by atoms with E-state index in [2.05, 4.69) is 25.4 Å². The molecule has 0 aliphatic rings.